The zero-order chi connectivity index (χ0) is 15.2. The number of esters is 1. The molecule has 2 heterocycles. The number of methoxy groups -OCH3 is 1. The highest BCUT2D eigenvalue weighted by atomic mass is 16.5. The molecule has 2 aromatic heterocycles. The van der Waals surface area contributed by atoms with Gasteiger partial charge in [-0.3, -0.25) is 4.79 Å². The molecule has 0 aliphatic rings. The van der Waals surface area contributed by atoms with E-state index in [0.717, 1.165) is 12.3 Å². The Bertz CT molecular complexity index is 657. The van der Waals surface area contributed by atoms with E-state index in [9.17, 15) is 14.4 Å². The number of imidazole rings is 1. The first kappa shape index (κ1) is 14.5. The average Bonchev–Trinajstić information content (AvgIpc) is 2.99. The second-order valence-electron chi connectivity index (χ2n) is 4.17. The third kappa shape index (κ3) is 3.78. The van der Waals surface area contributed by atoms with Crippen LogP contribution in [0.5, 0.6) is 0 Å². The molecule has 2 aromatic rings. The van der Waals surface area contributed by atoms with Crippen molar-refractivity contribution in [2.24, 2.45) is 0 Å². The zero-order valence-electron chi connectivity index (χ0n) is 11.2. The van der Waals surface area contributed by atoms with Crippen LogP contribution < -0.4 is 10.9 Å². The summed E-state index contributed by atoms with van der Waals surface area (Å²) in [6, 6.07) is 1.55. The lowest BCUT2D eigenvalue weighted by Gasteiger charge is -2.15. The fourth-order valence-corrected chi connectivity index (χ4v) is 1.68. The number of carbonyl (C=O) groups excluding carboxylic acids is 2. The van der Waals surface area contributed by atoms with Crippen molar-refractivity contribution in [1.82, 2.24) is 15.3 Å². The van der Waals surface area contributed by atoms with E-state index in [1.165, 1.54) is 19.5 Å². The smallest absolute Gasteiger partial charge is 0.335 e. The van der Waals surface area contributed by atoms with Crippen molar-refractivity contribution in [3.8, 4) is 0 Å². The second-order valence-corrected chi connectivity index (χ2v) is 4.17. The number of H-pyrrole nitrogens is 1. The maximum Gasteiger partial charge on any atom is 0.335 e. The van der Waals surface area contributed by atoms with Gasteiger partial charge in [0.2, 0.25) is 0 Å². The van der Waals surface area contributed by atoms with Crippen molar-refractivity contribution in [2.45, 2.75) is 12.5 Å². The van der Waals surface area contributed by atoms with Crippen LogP contribution in [0.15, 0.2) is 40.1 Å². The number of carbonyl (C=O) groups is 2. The quantitative estimate of drug-likeness (QED) is 0.742. The molecule has 2 rings (SSSR count). The summed E-state index contributed by atoms with van der Waals surface area (Å²) in [5.41, 5.74) is 0.243. The summed E-state index contributed by atoms with van der Waals surface area (Å²) in [6.45, 7) is 0. The largest absolute Gasteiger partial charge is 0.467 e. The summed E-state index contributed by atoms with van der Waals surface area (Å²) >= 11 is 0. The highest BCUT2D eigenvalue weighted by molar-refractivity contribution is 5.96. The van der Waals surface area contributed by atoms with Crippen molar-refractivity contribution in [3.05, 3.63) is 52.6 Å². The Kier molecular flexibility index (Phi) is 4.50. The summed E-state index contributed by atoms with van der Waals surface area (Å²) in [4.78, 5) is 41.2. The molecule has 0 radical (unpaired) electrons. The predicted molar refractivity (Wildman–Crippen MR) is 70.5 cm³/mol. The molecule has 2 N–H and O–H groups in total. The van der Waals surface area contributed by atoms with Gasteiger partial charge in [-0.1, -0.05) is 0 Å². The SMILES string of the molecule is COC(=O)[C@H](Cc1cnc[nH]1)NC(=O)c1ccc(=O)oc1. The van der Waals surface area contributed by atoms with Gasteiger partial charge in [-0.05, 0) is 6.07 Å². The topological polar surface area (TPSA) is 114 Å². The second kappa shape index (κ2) is 6.51. The molecule has 0 aliphatic carbocycles. The van der Waals surface area contributed by atoms with Gasteiger partial charge in [0.1, 0.15) is 12.3 Å². The molecule has 0 aromatic carbocycles. The molecule has 0 spiro atoms. The van der Waals surface area contributed by atoms with Crippen molar-refractivity contribution >= 4 is 11.9 Å². The van der Waals surface area contributed by atoms with Crippen LogP contribution in [-0.2, 0) is 16.0 Å². The average molecular weight is 291 g/mol. The highest BCUT2D eigenvalue weighted by Crippen LogP contribution is 2.03. The molecule has 110 valence electrons. The van der Waals surface area contributed by atoms with Gasteiger partial charge in [0.15, 0.2) is 0 Å². The van der Waals surface area contributed by atoms with E-state index in [4.69, 9.17) is 0 Å². The number of aromatic amines is 1. The van der Waals surface area contributed by atoms with Crippen LogP contribution in [0, 0.1) is 0 Å². The van der Waals surface area contributed by atoms with Crippen LogP contribution in [0.25, 0.3) is 0 Å². The summed E-state index contributed by atoms with van der Waals surface area (Å²) in [5, 5.41) is 2.52. The van der Waals surface area contributed by atoms with Crippen molar-refractivity contribution in [3.63, 3.8) is 0 Å². The van der Waals surface area contributed by atoms with Gasteiger partial charge >= 0.3 is 11.6 Å². The lowest BCUT2D eigenvalue weighted by atomic mass is 10.1. The maximum atomic E-state index is 12.0. The molecule has 21 heavy (non-hydrogen) atoms. The molecule has 0 fully saturated rings. The van der Waals surface area contributed by atoms with E-state index >= 15 is 0 Å². The Hall–Kier alpha value is -2.90. The number of hydrogen-bond donors (Lipinski definition) is 2. The molecule has 0 bridgehead atoms. The van der Waals surface area contributed by atoms with E-state index in [1.807, 2.05) is 0 Å². The molecule has 8 heteroatoms. The number of hydrogen-bond acceptors (Lipinski definition) is 6. The lowest BCUT2D eigenvalue weighted by molar-refractivity contribution is -0.142. The van der Waals surface area contributed by atoms with Gasteiger partial charge in [-0.2, -0.15) is 0 Å². The monoisotopic (exact) mass is 291 g/mol. The molecule has 0 saturated heterocycles. The summed E-state index contributed by atoms with van der Waals surface area (Å²) in [7, 11) is 1.23. The Balaban J connectivity index is 2.10. The fourth-order valence-electron chi connectivity index (χ4n) is 1.68. The van der Waals surface area contributed by atoms with Crippen molar-refractivity contribution in [2.75, 3.05) is 7.11 Å². The third-order valence-electron chi connectivity index (χ3n) is 2.73. The van der Waals surface area contributed by atoms with Gasteiger partial charge < -0.3 is 19.5 Å². The molecule has 0 aliphatic heterocycles. The molecular formula is C13H13N3O5. The zero-order valence-corrected chi connectivity index (χ0v) is 11.2. The number of ether oxygens (including phenoxy) is 1. The summed E-state index contributed by atoms with van der Waals surface area (Å²) in [6.07, 6.45) is 4.25. The van der Waals surface area contributed by atoms with Crippen LogP contribution in [0.1, 0.15) is 16.1 Å². The third-order valence-corrected chi connectivity index (χ3v) is 2.73. The molecular weight excluding hydrogens is 278 g/mol. The molecule has 0 saturated carbocycles. The number of rotatable bonds is 5. The minimum absolute atomic E-state index is 0.133. The first-order valence-electron chi connectivity index (χ1n) is 6.05. The maximum absolute atomic E-state index is 12.0. The standard InChI is InChI=1S/C13H13N3O5/c1-20-13(19)10(4-9-5-14-7-15-9)16-12(18)8-2-3-11(17)21-6-8/h2-3,5-7,10H,4H2,1H3,(H,14,15)(H,16,18)/t10-/m0/s1. The minimum Gasteiger partial charge on any atom is -0.467 e. The molecule has 1 amide bonds. The summed E-state index contributed by atoms with van der Waals surface area (Å²) in [5.74, 6) is -1.14. The van der Waals surface area contributed by atoms with Crippen LogP contribution >= 0.6 is 0 Å². The van der Waals surface area contributed by atoms with Crippen molar-refractivity contribution < 1.29 is 18.7 Å². The minimum atomic E-state index is -0.880. The van der Waals surface area contributed by atoms with Crippen LogP contribution in [-0.4, -0.2) is 35.0 Å². The fraction of sp³-hybridized carbons (Fsp3) is 0.231. The van der Waals surface area contributed by atoms with Crippen molar-refractivity contribution in [1.29, 1.82) is 0 Å². The molecule has 0 unspecified atom stereocenters. The first-order valence-corrected chi connectivity index (χ1v) is 6.05. The number of nitrogens with zero attached hydrogens (tertiary/aromatic N) is 1. The van der Waals surface area contributed by atoms with E-state index in [2.05, 4.69) is 24.4 Å². The van der Waals surface area contributed by atoms with E-state index in [0.29, 0.717) is 5.69 Å². The van der Waals surface area contributed by atoms with E-state index in [-0.39, 0.29) is 12.0 Å². The first-order chi connectivity index (χ1) is 10.1. The number of nitrogens with one attached hydrogen (secondary N) is 2. The van der Waals surface area contributed by atoms with Crippen LogP contribution in [0.3, 0.4) is 0 Å². The van der Waals surface area contributed by atoms with E-state index in [1.54, 1.807) is 6.20 Å². The van der Waals surface area contributed by atoms with Gasteiger partial charge in [-0.25, -0.2) is 14.6 Å². The Morgan fingerprint density at radius 3 is 2.86 bits per heavy atom. The van der Waals surface area contributed by atoms with E-state index < -0.39 is 23.5 Å². The molecule has 1 atom stereocenters. The van der Waals surface area contributed by atoms with Gasteiger partial charge in [0.05, 0.1) is 19.0 Å². The van der Waals surface area contributed by atoms with Crippen LogP contribution in [0.4, 0.5) is 0 Å². The Morgan fingerprint density at radius 1 is 1.48 bits per heavy atom. The number of aromatic nitrogens is 2. The normalized spacial score (nSPS) is 11.7. The summed E-state index contributed by atoms with van der Waals surface area (Å²) < 4.78 is 9.26. The molecule has 8 nitrogen and oxygen atoms in total. The van der Waals surface area contributed by atoms with Gasteiger partial charge in [0, 0.05) is 24.4 Å². The number of amides is 1. The Morgan fingerprint density at radius 2 is 2.29 bits per heavy atom. The predicted octanol–water partition coefficient (Wildman–Crippen LogP) is -0.123. The lowest BCUT2D eigenvalue weighted by Crippen LogP contribution is -2.43. The van der Waals surface area contributed by atoms with Crippen LogP contribution in [0.2, 0.25) is 0 Å². The van der Waals surface area contributed by atoms with Gasteiger partial charge in [0.25, 0.3) is 5.91 Å². The highest BCUT2D eigenvalue weighted by Gasteiger charge is 2.23. The van der Waals surface area contributed by atoms with Gasteiger partial charge in [-0.15, -0.1) is 0 Å². The Labute approximate surface area is 119 Å².